The highest BCUT2D eigenvalue weighted by Gasteiger charge is 2.30. The Labute approximate surface area is 575 Å². The molecule has 0 amide bonds. The molecule has 558 valence electrons. The predicted molar refractivity (Wildman–Crippen MR) is 382 cm³/mol. The van der Waals surface area contributed by atoms with Crippen LogP contribution in [0, 0.1) is 5.92 Å². The molecule has 17 nitrogen and oxygen atoms in total. The smallest absolute Gasteiger partial charge is 0.462 e. The van der Waals surface area contributed by atoms with E-state index >= 15 is 0 Å². The van der Waals surface area contributed by atoms with Gasteiger partial charge in [0.1, 0.15) is 19.3 Å². The lowest BCUT2D eigenvalue weighted by atomic mass is 9.99. The van der Waals surface area contributed by atoms with Crippen LogP contribution in [0.3, 0.4) is 0 Å². The summed E-state index contributed by atoms with van der Waals surface area (Å²) in [5, 5.41) is 10.6. The number of ether oxygens (including phenoxy) is 4. The van der Waals surface area contributed by atoms with Crippen LogP contribution in [0.2, 0.25) is 0 Å². The summed E-state index contributed by atoms with van der Waals surface area (Å²) < 4.78 is 68.4. The fourth-order valence-corrected chi connectivity index (χ4v) is 13.1. The fourth-order valence-electron chi connectivity index (χ4n) is 11.5. The van der Waals surface area contributed by atoms with Crippen LogP contribution in [-0.2, 0) is 65.4 Å². The van der Waals surface area contributed by atoms with E-state index < -0.39 is 97.5 Å². The standard InChI is InChI=1S/C75H146O17P2/c1-6-10-13-16-19-22-24-35-39-44-49-54-59-73(78)86-65-71(92-75(80)61-56-51-46-41-37-33-31-29-27-26-28-30-32-34-38-42-47-52-57-68(5)9-4)67-90-94(83,84)88-63-69(76)62-87-93(81,82)89-66-70(64-85-72(77)58-53-48-43-21-18-15-12-8-3)91-74(79)60-55-50-45-40-36-25-23-20-17-14-11-7-2/h68-71,76H,6-67H2,1-5H3,(H,81,82)(H,83,84)/t68?,69-,70+,71+/m0/s1. The molecule has 0 rings (SSSR count). The minimum atomic E-state index is -4.95. The Hall–Kier alpha value is -1.94. The van der Waals surface area contributed by atoms with Crippen molar-refractivity contribution in [3.8, 4) is 0 Å². The summed E-state index contributed by atoms with van der Waals surface area (Å²) in [6.45, 7) is 7.32. The third-order valence-corrected chi connectivity index (χ3v) is 19.8. The van der Waals surface area contributed by atoms with Crippen LogP contribution < -0.4 is 0 Å². The summed E-state index contributed by atoms with van der Waals surface area (Å²) in [6.07, 6.45) is 56.9. The molecule has 3 unspecified atom stereocenters. The maximum absolute atomic E-state index is 13.1. The summed E-state index contributed by atoms with van der Waals surface area (Å²) in [6, 6.07) is 0. The number of rotatable bonds is 75. The van der Waals surface area contributed by atoms with Gasteiger partial charge in [-0.25, -0.2) is 9.13 Å². The normalized spacial score (nSPS) is 14.3. The number of carbonyl (C=O) groups excluding carboxylic acids is 4. The van der Waals surface area contributed by atoms with E-state index in [0.29, 0.717) is 25.7 Å². The predicted octanol–water partition coefficient (Wildman–Crippen LogP) is 22.1. The van der Waals surface area contributed by atoms with Crippen molar-refractivity contribution in [2.24, 2.45) is 5.92 Å². The molecule has 0 aromatic carbocycles. The zero-order chi connectivity index (χ0) is 69.1. The minimum Gasteiger partial charge on any atom is -0.462 e. The fraction of sp³-hybridized carbons (Fsp3) is 0.947. The monoisotopic (exact) mass is 1380 g/mol. The van der Waals surface area contributed by atoms with Crippen molar-refractivity contribution in [1.82, 2.24) is 0 Å². The van der Waals surface area contributed by atoms with Gasteiger partial charge in [-0.05, 0) is 31.6 Å². The Morgan fingerprint density at radius 2 is 0.511 bits per heavy atom. The summed E-state index contributed by atoms with van der Waals surface area (Å²) in [7, 11) is -9.90. The van der Waals surface area contributed by atoms with Crippen molar-refractivity contribution in [3.63, 3.8) is 0 Å². The second-order valence-corrected chi connectivity index (χ2v) is 30.2. The molecule has 0 aliphatic heterocycles. The van der Waals surface area contributed by atoms with Gasteiger partial charge in [0.2, 0.25) is 0 Å². The van der Waals surface area contributed by atoms with Crippen molar-refractivity contribution in [2.45, 2.75) is 412 Å². The molecule has 0 fully saturated rings. The first-order chi connectivity index (χ1) is 45.6. The Bertz CT molecular complexity index is 1810. The van der Waals surface area contributed by atoms with Gasteiger partial charge in [0.15, 0.2) is 12.2 Å². The van der Waals surface area contributed by atoms with Crippen LogP contribution in [0.1, 0.15) is 394 Å². The Morgan fingerprint density at radius 1 is 0.298 bits per heavy atom. The first-order valence-corrected chi connectivity index (χ1v) is 42.2. The van der Waals surface area contributed by atoms with E-state index in [1.54, 1.807) is 0 Å². The van der Waals surface area contributed by atoms with Gasteiger partial charge >= 0.3 is 39.5 Å². The number of unbranched alkanes of at least 4 members (excludes halogenated alkanes) is 46. The summed E-state index contributed by atoms with van der Waals surface area (Å²) in [4.78, 5) is 72.6. The van der Waals surface area contributed by atoms with Crippen LogP contribution in [0.5, 0.6) is 0 Å². The van der Waals surface area contributed by atoms with Gasteiger partial charge in [0, 0.05) is 25.7 Å². The molecule has 0 aromatic heterocycles. The molecule has 0 spiro atoms. The highest BCUT2D eigenvalue weighted by atomic mass is 31.2. The van der Waals surface area contributed by atoms with Gasteiger partial charge < -0.3 is 33.8 Å². The van der Waals surface area contributed by atoms with Crippen molar-refractivity contribution >= 4 is 39.5 Å². The van der Waals surface area contributed by atoms with E-state index in [0.717, 1.165) is 102 Å². The number of phosphoric acid groups is 2. The highest BCUT2D eigenvalue weighted by molar-refractivity contribution is 7.47. The SMILES string of the molecule is CCCCCCCCCCCCCCC(=O)OC[C@H](COP(=O)(O)OC[C@@H](O)COP(=O)(O)OC[C@@H](COC(=O)CCCCCCCCCC)OC(=O)CCCCCCCCCCCCCC)OC(=O)CCCCCCCCCCCCCCCCCCCCC(C)CC. The Balaban J connectivity index is 5.15. The van der Waals surface area contributed by atoms with Crippen molar-refractivity contribution in [2.75, 3.05) is 39.6 Å². The van der Waals surface area contributed by atoms with E-state index in [-0.39, 0.29) is 25.7 Å². The largest absolute Gasteiger partial charge is 0.472 e. The molecule has 0 aliphatic carbocycles. The molecule has 19 heteroatoms. The second kappa shape index (κ2) is 68.2. The molecule has 3 N–H and O–H groups in total. The molecule has 0 radical (unpaired) electrons. The zero-order valence-electron chi connectivity index (χ0n) is 61.1. The molecule has 0 saturated carbocycles. The van der Waals surface area contributed by atoms with Crippen LogP contribution in [0.15, 0.2) is 0 Å². The maximum atomic E-state index is 13.1. The summed E-state index contributed by atoms with van der Waals surface area (Å²) >= 11 is 0. The lowest BCUT2D eigenvalue weighted by molar-refractivity contribution is -0.161. The van der Waals surface area contributed by atoms with Gasteiger partial charge in [-0.2, -0.15) is 0 Å². The molecule has 0 aromatic rings. The zero-order valence-corrected chi connectivity index (χ0v) is 62.9. The molecule has 94 heavy (non-hydrogen) atoms. The molecular weight excluding hydrogens is 1230 g/mol. The Kier molecular flexibility index (Phi) is 66.8. The number of phosphoric ester groups is 2. The topological polar surface area (TPSA) is 237 Å². The molecule has 0 saturated heterocycles. The minimum absolute atomic E-state index is 0.107. The van der Waals surface area contributed by atoms with Crippen LogP contribution in [0.25, 0.3) is 0 Å². The second-order valence-electron chi connectivity index (χ2n) is 27.3. The first kappa shape index (κ1) is 92.1. The van der Waals surface area contributed by atoms with Gasteiger partial charge in [-0.1, -0.05) is 343 Å². The number of esters is 4. The van der Waals surface area contributed by atoms with Crippen LogP contribution >= 0.6 is 15.6 Å². The lowest BCUT2D eigenvalue weighted by Crippen LogP contribution is -2.30. The molecule has 0 heterocycles. The third kappa shape index (κ3) is 67.3. The van der Waals surface area contributed by atoms with E-state index in [1.807, 2.05) is 0 Å². The van der Waals surface area contributed by atoms with Crippen molar-refractivity contribution in [3.05, 3.63) is 0 Å². The molecular formula is C75H146O17P2. The summed E-state index contributed by atoms with van der Waals surface area (Å²) in [5.41, 5.74) is 0. The summed E-state index contributed by atoms with van der Waals surface area (Å²) in [5.74, 6) is -1.25. The number of aliphatic hydroxyl groups is 1. The molecule has 0 bridgehead atoms. The van der Waals surface area contributed by atoms with Crippen LogP contribution in [-0.4, -0.2) is 96.7 Å². The highest BCUT2D eigenvalue weighted by Crippen LogP contribution is 2.45. The molecule has 6 atom stereocenters. The van der Waals surface area contributed by atoms with Crippen molar-refractivity contribution < 1.29 is 80.2 Å². The van der Waals surface area contributed by atoms with Gasteiger partial charge in [0.25, 0.3) is 0 Å². The maximum Gasteiger partial charge on any atom is 0.472 e. The van der Waals surface area contributed by atoms with E-state index in [4.69, 9.17) is 37.0 Å². The number of hydrogen-bond donors (Lipinski definition) is 3. The molecule has 0 aliphatic rings. The van der Waals surface area contributed by atoms with Crippen LogP contribution in [0.4, 0.5) is 0 Å². The van der Waals surface area contributed by atoms with Crippen molar-refractivity contribution in [1.29, 1.82) is 0 Å². The lowest BCUT2D eigenvalue weighted by Gasteiger charge is -2.21. The quantitative estimate of drug-likeness (QED) is 0.0222. The Morgan fingerprint density at radius 3 is 0.755 bits per heavy atom. The van der Waals surface area contributed by atoms with E-state index in [9.17, 15) is 43.2 Å². The number of carbonyl (C=O) groups is 4. The average Bonchev–Trinajstić information content (AvgIpc) is 1.44. The van der Waals surface area contributed by atoms with Gasteiger partial charge in [0.05, 0.1) is 26.4 Å². The van der Waals surface area contributed by atoms with Gasteiger partial charge in [-0.15, -0.1) is 0 Å². The first-order valence-electron chi connectivity index (χ1n) is 39.2. The third-order valence-electron chi connectivity index (χ3n) is 17.9. The number of hydrogen-bond acceptors (Lipinski definition) is 15. The van der Waals surface area contributed by atoms with Gasteiger partial charge in [-0.3, -0.25) is 37.3 Å². The average molecular weight is 1380 g/mol. The van der Waals surface area contributed by atoms with E-state index in [1.165, 1.54) is 212 Å². The number of aliphatic hydroxyl groups excluding tert-OH is 1. The van der Waals surface area contributed by atoms with E-state index in [2.05, 4.69) is 34.6 Å².